The number of benzene rings is 2. The van der Waals surface area contributed by atoms with Crippen molar-refractivity contribution in [3.63, 3.8) is 0 Å². The summed E-state index contributed by atoms with van der Waals surface area (Å²) in [5, 5.41) is 45.8. The zero-order valence-electron chi connectivity index (χ0n) is 11.5. The standard InChI is InChI=1S/C7H3Br2NO.C7H3BrN2O3/c8-5-1-4(3-10)2-6(9)7(5)11;8-5-1-4(3-9)2-6(7(5)11)10(12)13/h1-2,11H;1-2,11H. The SMILES string of the molecule is N#Cc1cc(Br)c(O)c(Br)c1.N#Cc1cc(Br)c(O)c([N+](=O)[O-])c1. The zero-order valence-corrected chi connectivity index (χ0v) is 16.3. The van der Waals surface area contributed by atoms with Gasteiger partial charge in [-0.2, -0.15) is 10.5 Å². The van der Waals surface area contributed by atoms with Crippen LogP contribution in [0.3, 0.4) is 0 Å². The van der Waals surface area contributed by atoms with Gasteiger partial charge in [0.05, 0.1) is 41.6 Å². The quantitative estimate of drug-likeness (QED) is 0.414. The number of nitrogens with zero attached hydrogens (tertiary/aromatic N) is 3. The second kappa shape index (κ2) is 8.64. The maximum absolute atomic E-state index is 10.4. The summed E-state index contributed by atoms with van der Waals surface area (Å²) in [5.74, 6) is -0.354. The summed E-state index contributed by atoms with van der Waals surface area (Å²) in [6.07, 6.45) is 0. The maximum Gasteiger partial charge on any atom is 0.313 e. The normalized spacial score (nSPS) is 9.21. The minimum atomic E-state index is -0.749. The number of phenolic OH excluding ortho intramolecular Hbond substituents is 2. The van der Waals surface area contributed by atoms with Crippen molar-refractivity contribution in [2.24, 2.45) is 0 Å². The minimum Gasteiger partial charge on any atom is -0.506 e. The van der Waals surface area contributed by atoms with E-state index >= 15 is 0 Å². The first-order valence-electron chi connectivity index (χ1n) is 5.86. The van der Waals surface area contributed by atoms with E-state index < -0.39 is 16.4 Å². The molecule has 0 amide bonds. The van der Waals surface area contributed by atoms with Crippen LogP contribution in [0.4, 0.5) is 5.69 Å². The molecule has 0 aromatic heterocycles. The smallest absolute Gasteiger partial charge is 0.313 e. The van der Waals surface area contributed by atoms with Crippen LogP contribution in [0.25, 0.3) is 0 Å². The number of aromatic hydroxyl groups is 2. The Balaban J connectivity index is 0.000000243. The summed E-state index contributed by atoms with van der Waals surface area (Å²) in [5.41, 5.74) is 0.142. The topological polar surface area (TPSA) is 131 Å². The highest BCUT2D eigenvalue weighted by Crippen LogP contribution is 2.34. The van der Waals surface area contributed by atoms with Crippen LogP contribution in [-0.2, 0) is 0 Å². The maximum atomic E-state index is 10.4. The van der Waals surface area contributed by atoms with Gasteiger partial charge in [0.1, 0.15) is 5.75 Å². The number of hydrogen-bond acceptors (Lipinski definition) is 6. The molecule has 0 saturated heterocycles. The molecule has 0 bridgehead atoms. The lowest BCUT2D eigenvalue weighted by atomic mass is 10.2. The molecule has 7 nitrogen and oxygen atoms in total. The molecule has 0 atom stereocenters. The van der Waals surface area contributed by atoms with Crippen molar-refractivity contribution in [3.8, 4) is 23.6 Å². The summed E-state index contributed by atoms with van der Waals surface area (Å²) in [6.45, 7) is 0. The summed E-state index contributed by atoms with van der Waals surface area (Å²) >= 11 is 9.11. The molecule has 2 rings (SSSR count). The Morgan fingerprint density at radius 3 is 1.62 bits per heavy atom. The molecular formula is C14H6Br3N3O4. The van der Waals surface area contributed by atoms with E-state index in [0.29, 0.717) is 14.5 Å². The summed E-state index contributed by atoms with van der Waals surface area (Å²) in [6, 6.07) is 9.14. The summed E-state index contributed by atoms with van der Waals surface area (Å²) in [7, 11) is 0. The third-order valence-electron chi connectivity index (χ3n) is 2.52. The van der Waals surface area contributed by atoms with E-state index in [1.807, 2.05) is 6.07 Å². The van der Waals surface area contributed by atoms with Crippen molar-refractivity contribution in [2.75, 3.05) is 0 Å². The highest BCUT2D eigenvalue weighted by molar-refractivity contribution is 9.11. The zero-order chi connectivity index (χ0) is 18.4. The fourth-order valence-corrected chi connectivity index (χ4v) is 3.05. The van der Waals surface area contributed by atoms with E-state index in [2.05, 4.69) is 47.8 Å². The number of nitriles is 2. The highest BCUT2D eigenvalue weighted by atomic mass is 79.9. The van der Waals surface area contributed by atoms with Gasteiger partial charge >= 0.3 is 5.69 Å². The van der Waals surface area contributed by atoms with Crippen LogP contribution in [0.1, 0.15) is 11.1 Å². The Bertz CT molecular complexity index is 865. The van der Waals surface area contributed by atoms with Gasteiger partial charge < -0.3 is 10.2 Å². The highest BCUT2D eigenvalue weighted by Gasteiger charge is 2.17. The van der Waals surface area contributed by atoms with Crippen molar-refractivity contribution in [2.45, 2.75) is 0 Å². The van der Waals surface area contributed by atoms with E-state index in [-0.39, 0.29) is 15.8 Å². The molecule has 0 spiro atoms. The molecule has 0 radical (unpaired) electrons. The lowest BCUT2D eigenvalue weighted by molar-refractivity contribution is -0.386. The number of hydrogen-bond donors (Lipinski definition) is 2. The molecule has 0 heterocycles. The number of rotatable bonds is 1. The van der Waals surface area contributed by atoms with Gasteiger partial charge in [-0.05, 0) is 66.0 Å². The van der Waals surface area contributed by atoms with Crippen LogP contribution in [0, 0.1) is 32.8 Å². The fourth-order valence-electron chi connectivity index (χ4n) is 1.42. The predicted octanol–water partition coefficient (Wildman–Crippen LogP) is 4.72. The first-order chi connectivity index (χ1) is 11.2. The van der Waals surface area contributed by atoms with Gasteiger partial charge in [0.25, 0.3) is 0 Å². The molecule has 2 N–H and O–H groups in total. The molecule has 0 saturated carbocycles. The average Bonchev–Trinajstić information content (AvgIpc) is 2.54. The Labute approximate surface area is 161 Å². The molecular weight excluding hydrogens is 514 g/mol. The Hall–Kier alpha value is -2.14. The number of nitro benzene ring substituents is 1. The lowest BCUT2D eigenvalue weighted by Gasteiger charge is -1.99. The lowest BCUT2D eigenvalue weighted by Crippen LogP contribution is -1.90. The summed E-state index contributed by atoms with van der Waals surface area (Å²) < 4.78 is 1.17. The van der Waals surface area contributed by atoms with Crippen molar-refractivity contribution in [1.82, 2.24) is 0 Å². The third kappa shape index (κ3) is 4.93. The van der Waals surface area contributed by atoms with Gasteiger partial charge in [-0.1, -0.05) is 0 Å². The van der Waals surface area contributed by atoms with E-state index in [9.17, 15) is 20.3 Å². The van der Waals surface area contributed by atoms with Gasteiger partial charge in [0.2, 0.25) is 5.75 Å². The van der Waals surface area contributed by atoms with Gasteiger partial charge in [0.15, 0.2) is 0 Å². The Morgan fingerprint density at radius 2 is 1.25 bits per heavy atom. The predicted molar refractivity (Wildman–Crippen MR) is 95.4 cm³/mol. The largest absolute Gasteiger partial charge is 0.506 e. The molecule has 0 unspecified atom stereocenters. The molecule has 10 heteroatoms. The minimum absolute atomic E-state index is 0.115. The Kier molecular flexibility index (Phi) is 7.17. The molecule has 122 valence electrons. The van der Waals surface area contributed by atoms with Crippen LogP contribution < -0.4 is 0 Å². The van der Waals surface area contributed by atoms with Gasteiger partial charge in [0, 0.05) is 6.07 Å². The van der Waals surface area contributed by atoms with Crippen molar-refractivity contribution in [3.05, 3.63) is 58.9 Å². The van der Waals surface area contributed by atoms with E-state index in [1.165, 1.54) is 6.07 Å². The van der Waals surface area contributed by atoms with E-state index in [0.717, 1.165) is 6.07 Å². The van der Waals surface area contributed by atoms with E-state index in [4.69, 9.17) is 10.5 Å². The molecule has 2 aromatic rings. The average molecular weight is 520 g/mol. The Morgan fingerprint density at radius 1 is 0.875 bits per heavy atom. The number of nitro groups is 1. The molecule has 0 aliphatic heterocycles. The van der Waals surface area contributed by atoms with Gasteiger partial charge in [-0.15, -0.1) is 0 Å². The number of halogens is 3. The first-order valence-corrected chi connectivity index (χ1v) is 8.24. The molecule has 0 aliphatic carbocycles. The fraction of sp³-hybridized carbons (Fsp3) is 0. The van der Waals surface area contributed by atoms with Crippen LogP contribution in [0.15, 0.2) is 37.7 Å². The first kappa shape index (κ1) is 19.9. The van der Waals surface area contributed by atoms with Crippen molar-refractivity contribution in [1.29, 1.82) is 10.5 Å². The van der Waals surface area contributed by atoms with E-state index in [1.54, 1.807) is 18.2 Å². The summed E-state index contributed by atoms with van der Waals surface area (Å²) in [4.78, 5) is 9.61. The molecule has 0 fully saturated rings. The van der Waals surface area contributed by atoms with Crippen LogP contribution in [-0.4, -0.2) is 15.1 Å². The molecule has 2 aromatic carbocycles. The number of phenols is 2. The van der Waals surface area contributed by atoms with Crippen LogP contribution in [0.2, 0.25) is 0 Å². The van der Waals surface area contributed by atoms with Crippen molar-refractivity contribution < 1.29 is 15.1 Å². The van der Waals surface area contributed by atoms with Gasteiger partial charge in [-0.25, -0.2) is 0 Å². The second-order valence-corrected chi connectivity index (χ2v) is 6.66. The second-order valence-electron chi connectivity index (χ2n) is 4.10. The molecule has 0 aliphatic rings. The van der Waals surface area contributed by atoms with Crippen LogP contribution in [0.5, 0.6) is 11.5 Å². The van der Waals surface area contributed by atoms with Crippen molar-refractivity contribution >= 4 is 53.5 Å². The van der Waals surface area contributed by atoms with Crippen LogP contribution >= 0.6 is 47.8 Å². The monoisotopic (exact) mass is 517 g/mol. The van der Waals surface area contributed by atoms with Gasteiger partial charge in [-0.3, -0.25) is 10.1 Å². The molecule has 24 heavy (non-hydrogen) atoms. The third-order valence-corrected chi connectivity index (χ3v) is 4.33.